The molecule has 0 saturated heterocycles. The predicted octanol–water partition coefficient (Wildman–Crippen LogP) is 2.60. The molecule has 1 aromatic carbocycles. The molecule has 1 N–H and O–H groups in total. The van der Waals surface area contributed by atoms with E-state index in [1.165, 1.54) is 16.8 Å². The number of imidazole rings is 1. The summed E-state index contributed by atoms with van der Waals surface area (Å²) in [5, 5.41) is 3.34. The highest BCUT2D eigenvalue weighted by Gasteiger charge is 2.04. The molecule has 0 saturated carbocycles. The van der Waals surface area contributed by atoms with Crippen LogP contribution in [0, 0.1) is 0 Å². The molecule has 2 rings (SSSR count). The van der Waals surface area contributed by atoms with Crippen LogP contribution >= 0.6 is 0 Å². The summed E-state index contributed by atoms with van der Waals surface area (Å²) in [7, 11) is 0. The van der Waals surface area contributed by atoms with E-state index in [1.54, 1.807) is 0 Å². The summed E-state index contributed by atoms with van der Waals surface area (Å²) in [5.41, 5.74) is 4.04. The first-order valence-electron chi connectivity index (χ1n) is 6.61. The minimum atomic E-state index is 0.880. The number of hydrogen-bond donors (Lipinski definition) is 1. The minimum Gasteiger partial charge on any atom is -0.329 e. The van der Waals surface area contributed by atoms with Crippen molar-refractivity contribution in [3.8, 4) is 0 Å². The monoisotopic (exact) mass is 243 g/mol. The van der Waals surface area contributed by atoms with Crippen LogP contribution in [0.25, 0.3) is 0 Å². The van der Waals surface area contributed by atoms with Gasteiger partial charge in [0.25, 0.3) is 0 Å². The molecule has 0 amide bonds. The largest absolute Gasteiger partial charge is 0.329 e. The smallest absolute Gasteiger partial charge is 0.0951 e. The molecule has 18 heavy (non-hydrogen) atoms. The quantitative estimate of drug-likeness (QED) is 0.845. The van der Waals surface area contributed by atoms with Crippen LogP contribution in [-0.2, 0) is 19.5 Å². The lowest BCUT2D eigenvalue weighted by molar-refractivity contribution is 0.655. The van der Waals surface area contributed by atoms with E-state index >= 15 is 0 Å². The zero-order valence-corrected chi connectivity index (χ0v) is 11.2. The van der Waals surface area contributed by atoms with E-state index in [1.807, 2.05) is 12.5 Å². The van der Waals surface area contributed by atoms with Crippen LogP contribution < -0.4 is 5.32 Å². The Labute approximate surface area is 109 Å². The summed E-state index contributed by atoms with van der Waals surface area (Å²) >= 11 is 0. The van der Waals surface area contributed by atoms with Gasteiger partial charge >= 0.3 is 0 Å². The van der Waals surface area contributed by atoms with E-state index < -0.39 is 0 Å². The van der Waals surface area contributed by atoms with Gasteiger partial charge < -0.3 is 9.88 Å². The van der Waals surface area contributed by atoms with Gasteiger partial charge in [-0.25, -0.2) is 4.98 Å². The Hall–Kier alpha value is -1.61. The van der Waals surface area contributed by atoms with E-state index in [-0.39, 0.29) is 0 Å². The highest BCUT2D eigenvalue weighted by Crippen LogP contribution is 2.12. The molecule has 1 aromatic heterocycles. The molecule has 0 aliphatic heterocycles. The zero-order valence-electron chi connectivity index (χ0n) is 11.2. The number of nitrogens with one attached hydrogen (secondary N) is 1. The molecule has 0 spiro atoms. The van der Waals surface area contributed by atoms with Gasteiger partial charge in [-0.2, -0.15) is 0 Å². The van der Waals surface area contributed by atoms with Crippen LogP contribution in [0.15, 0.2) is 36.8 Å². The molecule has 0 radical (unpaired) electrons. The second-order valence-corrected chi connectivity index (χ2v) is 4.42. The van der Waals surface area contributed by atoms with Gasteiger partial charge in [0, 0.05) is 19.3 Å². The van der Waals surface area contributed by atoms with Crippen molar-refractivity contribution in [3.05, 3.63) is 53.6 Å². The average Bonchev–Trinajstić information content (AvgIpc) is 2.84. The van der Waals surface area contributed by atoms with Crippen molar-refractivity contribution >= 4 is 0 Å². The molecule has 0 aliphatic carbocycles. The number of aryl methyl sites for hydroxylation is 1. The summed E-state index contributed by atoms with van der Waals surface area (Å²) in [5.74, 6) is 0. The predicted molar refractivity (Wildman–Crippen MR) is 74.5 cm³/mol. The summed E-state index contributed by atoms with van der Waals surface area (Å²) in [6.45, 7) is 7.09. The molecule has 96 valence electrons. The van der Waals surface area contributed by atoms with Crippen molar-refractivity contribution in [3.63, 3.8) is 0 Å². The molecule has 1 heterocycles. The highest BCUT2D eigenvalue weighted by molar-refractivity contribution is 5.27. The maximum absolute atomic E-state index is 4.25. The molecular weight excluding hydrogens is 222 g/mol. The zero-order chi connectivity index (χ0) is 12.8. The Bertz CT molecular complexity index is 488. The van der Waals surface area contributed by atoms with Gasteiger partial charge in [-0.3, -0.25) is 0 Å². The molecule has 0 aliphatic rings. The molecule has 0 unspecified atom stereocenters. The van der Waals surface area contributed by atoms with Crippen molar-refractivity contribution in [1.82, 2.24) is 14.9 Å². The highest BCUT2D eigenvalue weighted by atomic mass is 15.1. The van der Waals surface area contributed by atoms with Gasteiger partial charge in [0.15, 0.2) is 0 Å². The van der Waals surface area contributed by atoms with Gasteiger partial charge in [-0.1, -0.05) is 38.1 Å². The topological polar surface area (TPSA) is 29.9 Å². The Morgan fingerprint density at radius 2 is 1.94 bits per heavy atom. The first-order chi connectivity index (χ1) is 8.85. The second kappa shape index (κ2) is 6.36. The molecule has 0 fully saturated rings. The maximum atomic E-state index is 4.25. The maximum Gasteiger partial charge on any atom is 0.0951 e. The molecule has 3 heteroatoms. The van der Waals surface area contributed by atoms with Crippen LogP contribution in [0.4, 0.5) is 0 Å². The molecule has 2 aromatic rings. The summed E-state index contributed by atoms with van der Waals surface area (Å²) in [6.07, 6.45) is 4.93. The molecular formula is C15H21N3. The summed E-state index contributed by atoms with van der Waals surface area (Å²) in [4.78, 5) is 4.25. The summed E-state index contributed by atoms with van der Waals surface area (Å²) in [6, 6.07) is 8.62. The van der Waals surface area contributed by atoms with Crippen molar-refractivity contribution in [2.45, 2.75) is 33.4 Å². The van der Waals surface area contributed by atoms with Crippen molar-refractivity contribution in [2.75, 3.05) is 6.54 Å². The number of benzene rings is 1. The van der Waals surface area contributed by atoms with Crippen LogP contribution in [0.2, 0.25) is 0 Å². The number of aromatic nitrogens is 2. The fourth-order valence-corrected chi connectivity index (χ4v) is 2.13. The normalized spacial score (nSPS) is 10.8. The van der Waals surface area contributed by atoms with E-state index in [2.05, 4.69) is 53.0 Å². The Balaban J connectivity index is 2.15. The van der Waals surface area contributed by atoms with Gasteiger partial charge in [0.1, 0.15) is 0 Å². The van der Waals surface area contributed by atoms with E-state index in [4.69, 9.17) is 0 Å². The van der Waals surface area contributed by atoms with Crippen LogP contribution in [-0.4, -0.2) is 16.1 Å². The fraction of sp³-hybridized carbons (Fsp3) is 0.400. The van der Waals surface area contributed by atoms with Crippen molar-refractivity contribution in [2.24, 2.45) is 0 Å². The Morgan fingerprint density at radius 3 is 2.67 bits per heavy atom. The van der Waals surface area contributed by atoms with Crippen molar-refractivity contribution < 1.29 is 0 Å². The number of hydrogen-bond acceptors (Lipinski definition) is 2. The lowest BCUT2D eigenvalue weighted by atomic mass is 10.1. The SMILES string of the molecule is CCNCc1cncn1Cc1ccccc1CC. The van der Waals surface area contributed by atoms with E-state index in [0.717, 1.165) is 26.1 Å². The first kappa shape index (κ1) is 12.8. The van der Waals surface area contributed by atoms with Gasteiger partial charge in [0.2, 0.25) is 0 Å². The average molecular weight is 243 g/mol. The molecule has 0 bridgehead atoms. The second-order valence-electron chi connectivity index (χ2n) is 4.42. The van der Waals surface area contributed by atoms with E-state index in [0.29, 0.717) is 0 Å². The third-order valence-electron chi connectivity index (χ3n) is 3.19. The van der Waals surface area contributed by atoms with Crippen LogP contribution in [0.1, 0.15) is 30.7 Å². The lowest BCUT2D eigenvalue weighted by Crippen LogP contribution is -2.15. The van der Waals surface area contributed by atoms with Crippen molar-refractivity contribution in [1.29, 1.82) is 0 Å². The lowest BCUT2D eigenvalue weighted by Gasteiger charge is -2.11. The standard InChI is InChI=1S/C15H21N3/c1-3-13-7-5-6-8-14(13)11-18-12-17-10-15(18)9-16-4-2/h5-8,10,12,16H,3-4,9,11H2,1-2H3. The van der Waals surface area contributed by atoms with Gasteiger partial charge in [-0.05, 0) is 24.1 Å². The number of nitrogens with zero attached hydrogens (tertiary/aromatic N) is 2. The Kier molecular flexibility index (Phi) is 4.53. The van der Waals surface area contributed by atoms with Crippen LogP contribution in [0.3, 0.4) is 0 Å². The van der Waals surface area contributed by atoms with Gasteiger partial charge in [0.05, 0.1) is 12.0 Å². The van der Waals surface area contributed by atoms with Gasteiger partial charge in [-0.15, -0.1) is 0 Å². The summed E-state index contributed by atoms with van der Waals surface area (Å²) < 4.78 is 2.22. The van der Waals surface area contributed by atoms with Crippen LogP contribution in [0.5, 0.6) is 0 Å². The van der Waals surface area contributed by atoms with E-state index in [9.17, 15) is 0 Å². The third-order valence-corrected chi connectivity index (χ3v) is 3.19. The number of rotatable bonds is 6. The molecule has 3 nitrogen and oxygen atoms in total. The third kappa shape index (κ3) is 2.99. The minimum absolute atomic E-state index is 0.880. The molecule has 0 atom stereocenters. The first-order valence-corrected chi connectivity index (χ1v) is 6.61. The fourth-order valence-electron chi connectivity index (χ4n) is 2.13. The Morgan fingerprint density at radius 1 is 1.17 bits per heavy atom.